The minimum Gasteiger partial charge on any atom is -0.377 e. The largest absolute Gasteiger partial charge is 0.377 e. The molecule has 5 heteroatoms. The van der Waals surface area contributed by atoms with Crippen LogP contribution in [0.3, 0.4) is 0 Å². The SMILES string of the molecule is CCc1nsc(NCCC2=CCOCC2)n1. The van der Waals surface area contributed by atoms with Crippen molar-refractivity contribution in [1.29, 1.82) is 0 Å². The van der Waals surface area contributed by atoms with Crippen molar-refractivity contribution < 1.29 is 4.74 Å². The van der Waals surface area contributed by atoms with Gasteiger partial charge in [0.25, 0.3) is 0 Å². The lowest BCUT2D eigenvalue weighted by Crippen LogP contribution is -2.08. The van der Waals surface area contributed by atoms with Gasteiger partial charge in [0, 0.05) is 24.5 Å². The molecule has 1 aliphatic heterocycles. The van der Waals surface area contributed by atoms with Crippen molar-refractivity contribution in [1.82, 2.24) is 9.36 Å². The van der Waals surface area contributed by atoms with Crippen LogP contribution in [0.4, 0.5) is 5.13 Å². The number of rotatable bonds is 5. The molecule has 0 spiro atoms. The zero-order chi connectivity index (χ0) is 11.2. The maximum Gasteiger partial charge on any atom is 0.202 e. The molecular weight excluding hydrogens is 222 g/mol. The van der Waals surface area contributed by atoms with E-state index in [2.05, 4.69) is 27.7 Å². The normalized spacial score (nSPS) is 15.9. The Labute approximate surface area is 99.9 Å². The smallest absolute Gasteiger partial charge is 0.202 e. The van der Waals surface area contributed by atoms with Gasteiger partial charge in [-0.15, -0.1) is 0 Å². The van der Waals surface area contributed by atoms with E-state index in [1.165, 1.54) is 17.1 Å². The van der Waals surface area contributed by atoms with Crippen LogP contribution in [-0.2, 0) is 11.2 Å². The molecular formula is C11H17N3OS. The summed E-state index contributed by atoms with van der Waals surface area (Å²) in [5.74, 6) is 0.929. The Morgan fingerprint density at radius 2 is 2.50 bits per heavy atom. The van der Waals surface area contributed by atoms with E-state index in [0.717, 1.165) is 50.0 Å². The molecule has 4 nitrogen and oxygen atoms in total. The van der Waals surface area contributed by atoms with Crippen LogP contribution < -0.4 is 5.32 Å². The van der Waals surface area contributed by atoms with E-state index >= 15 is 0 Å². The van der Waals surface area contributed by atoms with Crippen LogP contribution in [-0.4, -0.2) is 29.1 Å². The van der Waals surface area contributed by atoms with Crippen molar-refractivity contribution in [2.75, 3.05) is 25.1 Å². The van der Waals surface area contributed by atoms with Crippen LogP contribution >= 0.6 is 11.5 Å². The van der Waals surface area contributed by atoms with Crippen molar-refractivity contribution in [3.63, 3.8) is 0 Å². The third-order valence-electron chi connectivity index (χ3n) is 2.56. The second-order valence-corrected chi connectivity index (χ2v) is 4.49. The first-order valence-electron chi connectivity index (χ1n) is 5.70. The highest BCUT2D eigenvalue weighted by Gasteiger charge is 2.04. The Bertz CT molecular complexity index is 362. The third kappa shape index (κ3) is 3.28. The molecule has 0 saturated carbocycles. The van der Waals surface area contributed by atoms with Crippen molar-refractivity contribution in [2.24, 2.45) is 0 Å². The molecule has 0 saturated heterocycles. The highest BCUT2D eigenvalue weighted by molar-refractivity contribution is 7.09. The Balaban J connectivity index is 1.73. The Morgan fingerprint density at radius 1 is 1.56 bits per heavy atom. The van der Waals surface area contributed by atoms with Crippen molar-refractivity contribution in [3.05, 3.63) is 17.5 Å². The molecule has 2 rings (SSSR count). The van der Waals surface area contributed by atoms with E-state index in [-0.39, 0.29) is 0 Å². The van der Waals surface area contributed by atoms with E-state index in [0.29, 0.717) is 0 Å². The summed E-state index contributed by atoms with van der Waals surface area (Å²) in [5, 5.41) is 4.24. The second kappa shape index (κ2) is 5.96. The Kier molecular flexibility index (Phi) is 4.30. The van der Waals surface area contributed by atoms with Crippen LogP contribution in [0.1, 0.15) is 25.6 Å². The van der Waals surface area contributed by atoms with Crippen LogP contribution in [0.25, 0.3) is 0 Å². The van der Waals surface area contributed by atoms with Gasteiger partial charge in [-0.1, -0.05) is 18.6 Å². The molecule has 88 valence electrons. The average Bonchev–Trinajstić information content (AvgIpc) is 2.78. The third-order valence-corrected chi connectivity index (χ3v) is 3.27. The molecule has 0 atom stereocenters. The molecule has 0 unspecified atom stereocenters. The predicted octanol–water partition coefficient (Wildman–Crippen LogP) is 2.25. The highest BCUT2D eigenvalue weighted by Crippen LogP contribution is 2.14. The fourth-order valence-corrected chi connectivity index (χ4v) is 2.27. The minimum atomic E-state index is 0.772. The van der Waals surface area contributed by atoms with E-state index in [9.17, 15) is 0 Å². The number of hydrogen-bond donors (Lipinski definition) is 1. The maximum atomic E-state index is 5.27. The Morgan fingerprint density at radius 3 is 3.19 bits per heavy atom. The van der Waals surface area contributed by atoms with E-state index in [1.807, 2.05) is 0 Å². The number of anilines is 1. The molecule has 0 bridgehead atoms. The molecule has 0 radical (unpaired) electrons. The van der Waals surface area contributed by atoms with Crippen LogP contribution in [0, 0.1) is 0 Å². The van der Waals surface area contributed by atoms with Gasteiger partial charge in [0.15, 0.2) is 0 Å². The van der Waals surface area contributed by atoms with Crippen molar-refractivity contribution in [3.8, 4) is 0 Å². The fraction of sp³-hybridized carbons (Fsp3) is 0.636. The van der Waals surface area contributed by atoms with E-state index < -0.39 is 0 Å². The monoisotopic (exact) mass is 239 g/mol. The van der Waals surface area contributed by atoms with Gasteiger partial charge in [-0.25, -0.2) is 4.98 Å². The fourth-order valence-electron chi connectivity index (χ4n) is 1.59. The topological polar surface area (TPSA) is 47.0 Å². The lowest BCUT2D eigenvalue weighted by atomic mass is 10.1. The molecule has 1 aliphatic rings. The van der Waals surface area contributed by atoms with Gasteiger partial charge in [0.2, 0.25) is 5.13 Å². The summed E-state index contributed by atoms with van der Waals surface area (Å²) in [6.45, 7) is 4.64. The van der Waals surface area contributed by atoms with E-state index in [1.54, 1.807) is 0 Å². The van der Waals surface area contributed by atoms with Crippen molar-refractivity contribution >= 4 is 16.7 Å². The van der Waals surface area contributed by atoms with Gasteiger partial charge in [0.05, 0.1) is 13.2 Å². The number of aromatic nitrogens is 2. The summed E-state index contributed by atoms with van der Waals surface area (Å²) in [6, 6.07) is 0. The molecule has 0 fully saturated rings. The first kappa shape index (κ1) is 11.5. The molecule has 1 N–H and O–H groups in total. The van der Waals surface area contributed by atoms with Crippen LogP contribution in [0.15, 0.2) is 11.6 Å². The molecule has 1 aromatic heterocycles. The van der Waals surface area contributed by atoms with Gasteiger partial charge in [-0.05, 0) is 12.8 Å². The van der Waals surface area contributed by atoms with Gasteiger partial charge < -0.3 is 10.1 Å². The number of nitrogens with one attached hydrogen (secondary N) is 1. The molecule has 0 aliphatic carbocycles. The molecule has 0 amide bonds. The summed E-state index contributed by atoms with van der Waals surface area (Å²) in [7, 11) is 0. The Hall–Kier alpha value is -0.940. The van der Waals surface area contributed by atoms with E-state index in [4.69, 9.17) is 4.74 Å². The zero-order valence-electron chi connectivity index (χ0n) is 9.53. The minimum absolute atomic E-state index is 0.772. The van der Waals surface area contributed by atoms with Gasteiger partial charge in [0.1, 0.15) is 5.82 Å². The van der Waals surface area contributed by atoms with Crippen molar-refractivity contribution in [2.45, 2.75) is 26.2 Å². The summed E-state index contributed by atoms with van der Waals surface area (Å²) >= 11 is 1.44. The number of nitrogens with zero attached hydrogens (tertiary/aromatic N) is 2. The lowest BCUT2D eigenvalue weighted by Gasteiger charge is -2.13. The first-order chi connectivity index (χ1) is 7.88. The summed E-state index contributed by atoms with van der Waals surface area (Å²) < 4.78 is 9.50. The molecule has 0 aromatic carbocycles. The number of hydrogen-bond acceptors (Lipinski definition) is 5. The zero-order valence-corrected chi connectivity index (χ0v) is 10.3. The average molecular weight is 239 g/mol. The van der Waals surface area contributed by atoms with Crippen LogP contribution in [0.2, 0.25) is 0 Å². The van der Waals surface area contributed by atoms with Gasteiger partial charge in [-0.2, -0.15) is 4.37 Å². The molecule has 1 aromatic rings. The molecule has 16 heavy (non-hydrogen) atoms. The summed E-state index contributed by atoms with van der Waals surface area (Å²) in [4.78, 5) is 4.36. The second-order valence-electron chi connectivity index (χ2n) is 3.73. The summed E-state index contributed by atoms with van der Waals surface area (Å²) in [5.41, 5.74) is 1.49. The summed E-state index contributed by atoms with van der Waals surface area (Å²) in [6.07, 6.45) is 5.23. The predicted molar refractivity (Wildman–Crippen MR) is 65.9 cm³/mol. The highest BCUT2D eigenvalue weighted by atomic mass is 32.1. The van der Waals surface area contributed by atoms with Gasteiger partial charge in [-0.3, -0.25) is 0 Å². The maximum absolute atomic E-state index is 5.27. The lowest BCUT2D eigenvalue weighted by molar-refractivity contribution is 0.153. The number of ether oxygens (including phenoxy) is 1. The molecule has 2 heterocycles. The van der Waals surface area contributed by atoms with Gasteiger partial charge >= 0.3 is 0 Å². The van der Waals surface area contributed by atoms with Crippen LogP contribution in [0.5, 0.6) is 0 Å². The quantitative estimate of drug-likeness (QED) is 0.801. The number of aryl methyl sites for hydroxylation is 1. The standard InChI is InChI=1S/C11H17N3OS/c1-2-10-13-11(16-14-10)12-6-3-9-4-7-15-8-5-9/h4H,2-3,5-8H2,1H3,(H,12,13,14). The first-order valence-corrected chi connectivity index (χ1v) is 6.48.